The maximum absolute atomic E-state index is 10.7. The second-order valence-corrected chi connectivity index (χ2v) is 3.83. The van der Waals surface area contributed by atoms with Crippen molar-refractivity contribution < 1.29 is 9.53 Å². The summed E-state index contributed by atoms with van der Waals surface area (Å²) >= 11 is 0. The smallest absolute Gasteiger partial charge is 0.407 e. The van der Waals surface area contributed by atoms with Crippen LogP contribution in [0.4, 0.5) is 4.79 Å². The molecule has 1 N–H and O–H groups in total. The number of rotatable bonds is 2. The second-order valence-electron chi connectivity index (χ2n) is 3.83. The number of ether oxygens (including phenoxy) is 1. The third kappa shape index (κ3) is 1.71. The molecule has 2 rings (SSSR count). The van der Waals surface area contributed by atoms with Gasteiger partial charge in [-0.05, 0) is 12.3 Å². The van der Waals surface area contributed by atoms with Crippen molar-refractivity contribution in [2.75, 3.05) is 6.61 Å². The molecule has 0 bridgehead atoms. The first-order valence-corrected chi connectivity index (χ1v) is 4.78. The molecule has 0 spiro atoms. The molecule has 12 heavy (non-hydrogen) atoms. The highest BCUT2D eigenvalue weighted by Gasteiger charge is 2.26. The molecule has 2 aliphatic rings. The van der Waals surface area contributed by atoms with Crippen LogP contribution in [0.25, 0.3) is 0 Å². The SMILES string of the molecule is O=C1N[C@@H](CC2CCCC2)CO1. The summed E-state index contributed by atoms with van der Waals surface area (Å²) in [6.07, 6.45) is 6.29. The van der Waals surface area contributed by atoms with E-state index >= 15 is 0 Å². The van der Waals surface area contributed by atoms with Crippen molar-refractivity contribution in [3.8, 4) is 0 Å². The van der Waals surface area contributed by atoms with Gasteiger partial charge in [-0.1, -0.05) is 25.7 Å². The van der Waals surface area contributed by atoms with E-state index in [-0.39, 0.29) is 6.09 Å². The highest BCUT2D eigenvalue weighted by molar-refractivity contribution is 5.69. The molecular weight excluding hydrogens is 154 g/mol. The lowest BCUT2D eigenvalue weighted by Gasteiger charge is -2.12. The largest absolute Gasteiger partial charge is 0.447 e. The summed E-state index contributed by atoms with van der Waals surface area (Å²) in [7, 11) is 0. The Hall–Kier alpha value is -0.730. The molecule has 0 aromatic heterocycles. The first-order valence-electron chi connectivity index (χ1n) is 4.78. The minimum absolute atomic E-state index is 0.238. The van der Waals surface area contributed by atoms with Crippen molar-refractivity contribution in [2.24, 2.45) is 5.92 Å². The molecule has 1 aliphatic carbocycles. The second kappa shape index (κ2) is 3.33. The van der Waals surface area contributed by atoms with Gasteiger partial charge in [-0.2, -0.15) is 0 Å². The van der Waals surface area contributed by atoms with Crippen LogP contribution in [0, 0.1) is 5.92 Å². The van der Waals surface area contributed by atoms with E-state index in [0.29, 0.717) is 12.6 Å². The van der Waals surface area contributed by atoms with Gasteiger partial charge < -0.3 is 10.1 Å². The zero-order chi connectivity index (χ0) is 8.39. The fourth-order valence-corrected chi connectivity index (χ4v) is 2.20. The van der Waals surface area contributed by atoms with E-state index in [9.17, 15) is 4.79 Å². The molecule has 0 aromatic carbocycles. The normalized spacial score (nSPS) is 30.3. The van der Waals surface area contributed by atoms with Crippen LogP contribution in [-0.2, 0) is 4.74 Å². The van der Waals surface area contributed by atoms with Gasteiger partial charge in [0.1, 0.15) is 6.61 Å². The van der Waals surface area contributed by atoms with Gasteiger partial charge in [-0.3, -0.25) is 0 Å². The third-order valence-electron chi connectivity index (χ3n) is 2.83. The molecule has 68 valence electrons. The Bertz CT molecular complexity index is 175. The molecule has 1 heterocycles. The number of amides is 1. The topological polar surface area (TPSA) is 38.3 Å². The summed E-state index contributed by atoms with van der Waals surface area (Å²) < 4.78 is 4.83. The molecule has 0 unspecified atom stereocenters. The molecule has 0 radical (unpaired) electrons. The Morgan fingerprint density at radius 1 is 1.42 bits per heavy atom. The molecule has 1 saturated carbocycles. The Kier molecular flexibility index (Phi) is 2.19. The first-order chi connectivity index (χ1) is 5.84. The van der Waals surface area contributed by atoms with Gasteiger partial charge in [0.25, 0.3) is 0 Å². The minimum Gasteiger partial charge on any atom is -0.447 e. The molecule has 1 aliphatic heterocycles. The standard InChI is InChI=1S/C9H15NO2/c11-9-10-8(6-12-9)5-7-3-1-2-4-7/h7-8H,1-6H2,(H,10,11)/t8-/m0/s1. The van der Waals surface area contributed by atoms with E-state index in [0.717, 1.165) is 12.3 Å². The van der Waals surface area contributed by atoms with Crippen LogP contribution in [0.2, 0.25) is 0 Å². The van der Waals surface area contributed by atoms with Crippen LogP contribution in [0.1, 0.15) is 32.1 Å². The van der Waals surface area contributed by atoms with Gasteiger partial charge in [-0.15, -0.1) is 0 Å². The van der Waals surface area contributed by atoms with Crippen molar-refractivity contribution in [2.45, 2.75) is 38.1 Å². The summed E-state index contributed by atoms with van der Waals surface area (Å²) in [5.41, 5.74) is 0. The quantitative estimate of drug-likeness (QED) is 0.683. The lowest BCUT2D eigenvalue weighted by molar-refractivity contribution is 0.176. The number of cyclic esters (lactones) is 1. The van der Waals surface area contributed by atoms with Crippen LogP contribution < -0.4 is 5.32 Å². The highest BCUT2D eigenvalue weighted by atomic mass is 16.6. The number of nitrogens with one attached hydrogen (secondary N) is 1. The van der Waals surface area contributed by atoms with E-state index in [1.54, 1.807) is 0 Å². The molecule has 1 saturated heterocycles. The molecule has 2 fully saturated rings. The average Bonchev–Trinajstić information content (AvgIpc) is 2.63. The van der Waals surface area contributed by atoms with Gasteiger partial charge in [-0.25, -0.2) is 4.79 Å². The summed E-state index contributed by atoms with van der Waals surface area (Å²) in [6, 6.07) is 0.292. The maximum Gasteiger partial charge on any atom is 0.407 e. The molecule has 1 atom stereocenters. The number of carbonyl (C=O) groups excluding carboxylic acids is 1. The molecular formula is C9H15NO2. The number of alkyl carbamates (subject to hydrolysis) is 1. The number of hydrogen-bond acceptors (Lipinski definition) is 2. The van der Waals surface area contributed by atoms with Crippen molar-refractivity contribution >= 4 is 6.09 Å². The Morgan fingerprint density at radius 2 is 2.17 bits per heavy atom. The van der Waals surface area contributed by atoms with E-state index in [4.69, 9.17) is 4.74 Å². The van der Waals surface area contributed by atoms with Crippen LogP contribution in [0.5, 0.6) is 0 Å². The molecule has 3 heteroatoms. The Morgan fingerprint density at radius 3 is 2.75 bits per heavy atom. The number of hydrogen-bond donors (Lipinski definition) is 1. The van der Waals surface area contributed by atoms with Crippen LogP contribution >= 0.6 is 0 Å². The zero-order valence-corrected chi connectivity index (χ0v) is 7.21. The van der Waals surface area contributed by atoms with Gasteiger partial charge in [0.05, 0.1) is 6.04 Å². The monoisotopic (exact) mass is 169 g/mol. The lowest BCUT2D eigenvalue weighted by Crippen LogP contribution is -2.27. The molecule has 0 aromatic rings. The first kappa shape index (κ1) is 7.90. The van der Waals surface area contributed by atoms with E-state index in [2.05, 4.69) is 5.32 Å². The maximum atomic E-state index is 10.7. The summed E-state index contributed by atoms with van der Waals surface area (Å²) in [5, 5.41) is 2.82. The fraction of sp³-hybridized carbons (Fsp3) is 0.889. The van der Waals surface area contributed by atoms with Crippen molar-refractivity contribution in [1.82, 2.24) is 5.32 Å². The summed E-state index contributed by atoms with van der Waals surface area (Å²) in [5.74, 6) is 0.831. The third-order valence-corrected chi connectivity index (χ3v) is 2.83. The highest BCUT2D eigenvalue weighted by Crippen LogP contribution is 2.29. The lowest BCUT2D eigenvalue weighted by atomic mass is 9.99. The van der Waals surface area contributed by atoms with Gasteiger partial charge in [0.2, 0.25) is 0 Å². The van der Waals surface area contributed by atoms with Crippen LogP contribution in [0.15, 0.2) is 0 Å². The van der Waals surface area contributed by atoms with E-state index in [1.165, 1.54) is 25.7 Å². The molecule has 1 amide bonds. The fourth-order valence-electron chi connectivity index (χ4n) is 2.20. The van der Waals surface area contributed by atoms with E-state index < -0.39 is 0 Å². The van der Waals surface area contributed by atoms with Crippen molar-refractivity contribution in [3.63, 3.8) is 0 Å². The minimum atomic E-state index is -0.238. The van der Waals surface area contributed by atoms with Crippen molar-refractivity contribution in [1.29, 1.82) is 0 Å². The van der Waals surface area contributed by atoms with Gasteiger partial charge in [0.15, 0.2) is 0 Å². The summed E-state index contributed by atoms with van der Waals surface area (Å²) in [6.45, 7) is 0.579. The van der Waals surface area contributed by atoms with Crippen molar-refractivity contribution in [3.05, 3.63) is 0 Å². The number of carbonyl (C=O) groups is 1. The Labute approximate surface area is 72.5 Å². The average molecular weight is 169 g/mol. The predicted molar refractivity (Wildman–Crippen MR) is 44.8 cm³/mol. The Balaban J connectivity index is 1.75. The van der Waals surface area contributed by atoms with Crippen LogP contribution in [0.3, 0.4) is 0 Å². The van der Waals surface area contributed by atoms with Gasteiger partial charge >= 0.3 is 6.09 Å². The summed E-state index contributed by atoms with van der Waals surface area (Å²) in [4.78, 5) is 10.7. The molecule has 3 nitrogen and oxygen atoms in total. The zero-order valence-electron chi connectivity index (χ0n) is 7.21. The predicted octanol–water partition coefficient (Wildman–Crippen LogP) is 1.68. The van der Waals surface area contributed by atoms with Gasteiger partial charge in [0, 0.05) is 0 Å². The van der Waals surface area contributed by atoms with E-state index in [1.807, 2.05) is 0 Å². The van der Waals surface area contributed by atoms with Crippen LogP contribution in [-0.4, -0.2) is 18.7 Å².